The number of rotatable bonds is 6. The van der Waals surface area contributed by atoms with Crippen molar-refractivity contribution in [3.63, 3.8) is 0 Å². The van der Waals surface area contributed by atoms with E-state index in [4.69, 9.17) is 9.84 Å². The summed E-state index contributed by atoms with van der Waals surface area (Å²) in [6, 6.07) is 0. The number of carboxylic acids is 1. The smallest absolute Gasteiger partial charge is 0.306 e. The molecular formula is C11H20O4. The van der Waals surface area contributed by atoms with E-state index in [1.54, 1.807) is 6.92 Å². The molecule has 0 spiro atoms. The number of ether oxygens (including phenoxy) is 1. The van der Waals surface area contributed by atoms with Crippen LogP contribution in [0, 0.1) is 11.8 Å². The first-order valence-electron chi connectivity index (χ1n) is 5.28. The van der Waals surface area contributed by atoms with Crippen molar-refractivity contribution < 1.29 is 19.4 Å². The number of aliphatic carboxylic acids is 1. The summed E-state index contributed by atoms with van der Waals surface area (Å²) >= 11 is 0. The highest BCUT2D eigenvalue weighted by Crippen LogP contribution is 2.20. The van der Waals surface area contributed by atoms with Crippen LogP contribution in [-0.2, 0) is 14.3 Å². The Hall–Kier alpha value is -1.06. The Bertz CT molecular complexity index is 225. The summed E-state index contributed by atoms with van der Waals surface area (Å²) in [6.45, 7) is 6.88. The van der Waals surface area contributed by atoms with Gasteiger partial charge in [-0.1, -0.05) is 20.8 Å². The average molecular weight is 216 g/mol. The summed E-state index contributed by atoms with van der Waals surface area (Å²) in [5, 5.41) is 8.76. The number of hydrogen-bond acceptors (Lipinski definition) is 3. The van der Waals surface area contributed by atoms with Crippen LogP contribution >= 0.6 is 0 Å². The number of esters is 1. The van der Waals surface area contributed by atoms with Crippen molar-refractivity contribution in [3.8, 4) is 0 Å². The topological polar surface area (TPSA) is 63.6 Å². The molecule has 0 aliphatic rings. The second-order valence-corrected chi connectivity index (χ2v) is 4.01. The van der Waals surface area contributed by atoms with Crippen LogP contribution in [0.2, 0.25) is 0 Å². The van der Waals surface area contributed by atoms with Gasteiger partial charge in [-0.2, -0.15) is 0 Å². The third kappa shape index (κ3) is 5.40. The van der Waals surface area contributed by atoms with Crippen LogP contribution in [0.5, 0.6) is 0 Å². The molecule has 0 aromatic rings. The fourth-order valence-electron chi connectivity index (χ4n) is 1.63. The van der Waals surface area contributed by atoms with Crippen LogP contribution in [0.25, 0.3) is 0 Å². The molecule has 0 bridgehead atoms. The summed E-state index contributed by atoms with van der Waals surface area (Å²) in [5.74, 6) is -1.44. The lowest BCUT2D eigenvalue weighted by Crippen LogP contribution is -2.26. The summed E-state index contributed by atoms with van der Waals surface area (Å²) in [4.78, 5) is 21.5. The quantitative estimate of drug-likeness (QED) is 0.690. The summed E-state index contributed by atoms with van der Waals surface area (Å²) in [7, 11) is 0. The maximum Gasteiger partial charge on any atom is 0.306 e. The lowest BCUT2D eigenvalue weighted by atomic mass is 9.91. The standard InChI is InChI=1S/C11H20O4/c1-5-10(15-9(4)12)7(2)6-8(3)11(13)14/h7-8,10H,5-6H2,1-4H3,(H,13,14)/t7-,8-,10-/m0/s1. The van der Waals surface area contributed by atoms with Crippen molar-refractivity contribution in [1.29, 1.82) is 0 Å². The number of hydrogen-bond donors (Lipinski definition) is 1. The van der Waals surface area contributed by atoms with E-state index < -0.39 is 11.9 Å². The van der Waals surface area contributed by atoms with Crippen molar-refractivity contribution in [1.82, 2.24) is 0 Å². The molecule has 15 heavy (non-hydrogen) atoms. The minimum absolute atomic E-state index is 0.0741. The molecule has 0 heterocycles. The van der Waals surface area contributed by atoms with Crippen LogP contribution in [0.15, 0.2) is 0 Å². The van der Waals surface area contributed by atoms with Crippen molar-refractivity contribution >= 4 is 11.9 Å². The van der Waals surface area contributed by atoms with E-state index in [2.05, 4.69) is 0 Å². The van der Waals surface area contributed by atoms with Gasteiger partial charge in [0, 0.05) is 6.92 Å². The van der Waals surface area contributed by atoms with Gasteiger partial charge in [-0.05, 0) is 18.8 Å². The van der Waals surface area contributed by atoms with E-state index in [1.807, 2.05) is 13.8 Å². The van der Waals surface area contributed by atoms with Crippen molar-refractivity contribution in [2.75, 3.05) is 0 Å². The van der Waals surface area contributed by atoms with E-state index in [1.165, 1.54) is 6.92 Å². The van der Waals surface area contributed by atoms with Crippen LogP contribution in [0.4, 0.5) is 0 Å². The van der Waals surface area contributed by atoms with Crippen molar-refractivity contribution in [2.24, 2.45) is 11.8 Å². The van der Waals surface area contributed by atoms with Gasteiger partial charge in [0.1, 0.15) is 6.10 Å². The molecule has 88 valence electrons. The maximum absolute atomic E-state index is 10.8. The second-order valence-electron chi connectivity index (χ2n) is 4.01. The minimum atomic E-state index is -0.806. The molecule has 0 fully saturated rings. The van der Waals surface area contributed by atoms with Crippen LogP contribution in [0.3, 0.4) is 0 Å². The molecule has 0 amide bonds. The van der Waals surface area contributed by atoms with Crippen LogP contribution in [0.1, 0.15) is 40.5 Å². The van der Waals surface area contributed by atoms with Gasteiger partial charge in [-0.3, -0.25) is 9.59 Å². The van der Waals surface area contributed by atoms with E-state index in [-0.39, 0.29) is 18.0 Å². The summed E-state index contributed by atoms with van der Waals surface area (Å²) in [5.41, 5.74) is 0. The van der Waals surface area contributed by atoms with E-state index in [9.17, 15) is 9.59 Å². The fourth-order valence-corrected chi connectivity index (χ4v) is 1.63. The van der Waals surface area contributed by atoms with Gasteiger partial charge in [0.25, 0.3) is 0 Å². The Morgan fingerprint density at radius 3 is 2.20 bits per heavy atom. The monoisotopic (exact) mass is 216 g/mol. The molecular weight excluding hydrogens is 196 g/mol. The molecule has 0 aromatic heterocycles. The van der Waals surface area contributed by atoms with Gasteiger partial charge < -0.3 is 9.84 Å². The largest absolute Gasteiger partial charge is 0.481 e. The summed E-state index contributed by atoms with van der Waals surface area (Å²) < 4.78 is 5.11. The zero-order valence-electron chi connectivity index (χ0n) is 9.82. The highest BCUT2D eigenvalue weighted by Gasteiger charge is 2.23. The number of carboxylic acid groups (broad SMARTS) is 1. The third-order valence-electron chi connectivity index (χ3n) is 2.50. The van der Waals surface area contributed by atoms with Crippen molar-refractivity contribution in [2.45, 2.75) is 46.6 Å². The zero-order valence-corrected chi connectivity index (χ0v) is 9.82. The molecule has 0 radical (unpaired) electrons. The molecule has 0 rings (SSSR count). The first-order valence-corrected chi connectivity index (χ1v) is 5.28. The van der Waals surface area contributed by atoms with Gasteiger partial charge in [-0.15, -0.1) is 0 Å². The molecule has 0 saturated heterocycles. The molecule has 0 aromatic carbocycles. The van der Waals surface area contributed by atoms with Gasteiger partial charge in [0.2, 0.25) is 0 Å². The van der Waals surface area contributed by atoms with Gasteiger partial charge in [-0.25, -0.2) is 0 Å². The number of carbonyl (C=O) groups is 2. The molecule has 0 unspecified atom stereocenters. The predicted octanol–water partition coefficient (Wildman–Crippen LogP) is 2.07. The van der Waals surface area contributed by atoms with Gasteiger partial charge >= 0.3 is 11.9 Å². The minimum Gasteiger partial charge on any atom is -0.481 e. The van der Waals surface area contributed by atoms with E-state index in [0.717, 1.165) is 0 Å². The average Bonchev–Trinajstić information content (AvgIpc) is 2.13. The van der Waals surface area contributed by atoms with E-state index >= 15 is 0 Å². The molecule has 0 aliphatic carbocycles. The molecule has 3 atom stereocenters. The highest BCUT2D eigenvalue weighted by atomic mass is 16.5. The Balaban J connectivity index is 4.20. The lowest BCUT2D eigenvalue weighted by molar-refractivity contribution is -0.149. The Morgan fingerprint density at radius 2 is 1.87 bits per heavy atom. The van der Waals surface area contributed by atoms with E-state index in [0.29, 0.717) is 12.8 Å². The normalized spacial score (nSPS) is 16.5. The van der Waals surface area contributed by atoms with Crippen molar-refractivity contribution in [3.05, 3.63) is 0 Å². The summed E-state index contributed by atoms with van der Waals surface area (Å²) in [6.07, 6.45) is 1.07. The van der Waals surface area contributed by atoms with Gasteiger partial charge in [0.05, 0.1) is 5.92 Å². The second kappa shape index (κ2) is 6.43. The highest BCUT2D eigenvalue weighted by molar-refractivity contribution is 5.69. The molecule has 0 saturated carbocycles. The molecule has 4 heteroatoms. The third-order valence-corrected chi connectivity index (χ3v) is 2.50. The predicted molar refractivity (Wildman–Crippen MR) is 56.4 cm³/mol. The van der Waals surface area contributed by atoms with Crippen LogP contribution in [-0.4, -0.2) is 23.1 Å². The van der Waals surface area contributed by atoms with Crippen LogP contribution < -0.4 is 0 Å². The van der Waals surface area contributed by atoms with Gasteiger partial charge in [0.15, 0.2) is 0 Å². The SMILES string of the molecule is CC[C@H](OC(C)=O)[C@@H](C)C[C@H](C)C(=O)O. The molecule has 1 N–H and O–H groups in total. The lowest BCUT2D eigenvalue weighted by Gasteiger charge is -2.23. The fraction of sp³-hybridized carbons (Fsp3) is 0.818. The maximum atomic E-state index is 10.8. The zero-order chi connectivity index (χ0) is 12.0. The first-order chi connectivity index (χ1) is 6.88. The molecule has 0 aliphatic heterocycles. The Morgan fingerprint density at radius 1 is 1.33 bits per heavy atom. The Kier molecular flexibility index (Phi) is 5.97. The first kappa shape index (κ1) is 13.9. The number of carbonyl (C=O) groups excluding carboxylic acids is 1. The Labute approximate surface area is 90.6 Å². The molecule has 4 nitrogen and oxygen atoms in total.